The molecule has 0 aliphatic carbocycles. The number of halogens is 4. The van der Waals surface area contributed by atoms with Crippen molar-refractivity contribution in [2.75, 3.05) is 0 Å². The third kappa shape index (κ3) is 4.03. The van der Waals surface area contributed by atoms with E-state index in [2.05, 4.69) is 10.2 Å². The summed E-state index contributed by atoms with van der Waals surface area (Å²) in [5.74, 6) is -0.0467. The summed E-state index contributed by atoms with van der Waals surface area (Å²) in [6.07, 6.45) is -0.643. The Morgan fingerprint density at radius 1 is 1.30 bits per heavy atom. The van der Waals surface area contributed by atoms with Gasteiger partial charge < -0.3 is 4.90 Å². The quantitative estimate of drug-likeness (QED) is 0.677. The molecule has 2 aromatic heterocycles. The van der Waals surface area contributed by atoms with Crippen LogP contribution in [-0.4, -0.2) is 42.7 Å². The lowest BCUT2D eigenvalue weighted by molar-refractivity contribution is -0.138. The summed E-state index contributed by atoms with van der Waals surface area (Å²) in [7, 11) is 0. The third-order valence-corrected chi connectivity index (χ3v) is 6.16. The van der Waals surface area contributed by atoms with Gasteiger partial charge in [0.15, 0.2) is 10.8 Å². The van der Waals surface area contributed by atoms with Gasteiger partial charge in [-0.1, -0.05) is 23.4 Å². The number of carbonyl (C=O) groups excluding carboxylic acids is 1. The molecule has 2 aromatic rings. The van der Waals surface area contributed by atoms with Gasteiger partial charge in [-0.05, 0) is 46.1 Å². The number of hydrogen-bond acceptors (Lipinski definition) is 4. The van der Waals surface area contributed by atoms with Crippen LogP contribution in [0.15, 0.2) is 17.4 Å². The van der Waals surface area contributed by atoms with Crippen LogP contribution >= 0.6 is 23.4 Å². The molecular weight excluding hydrogens is 401 g/mol. The van der Waals surface area contributed by atoms with Crippen LogP contribution in [0.3, 0.4) is 0 Å². The van der Waals surface area contributed by atoms with Crippen molar-refractivity contribution < 1.29 is 18.0 Å². The Morgan fingerprint density at radius 2 is 1.93 bits per heavy atom. The van der Waals surface area contributed by atoms with E-state index >= 15 is 0 Å². The van der Waals surface area contributed by atoms with Gasteiger partial charge in [0, 0.05) is 18.3 Å². The minimum absolute atomic E-state index is 0.0467. The minimum atomic E-state index is -4.54. The van der Waals surface area contributed by atoms with Gasteiger partial charge in [-0.3, -0.25) is 9.20 Å². The first-order valence-electron chi connectivity index (χ1n) is 8.70. The molecule has 3 rings (SSSR count). The van der Waals surface area contributed by atoms with Crippen LogP contribution in [-0.2, 0) is 11.0 Å². The SMILES string of the molecule is C[C@@H]1CCC[C@H](C)N1C(=O)[C@@H](C)Sc1nnc2c(Cl)cc(C(F)(F)F)cn12. The Balaban J connectivity index is 1.87. The molecule has 148 valence electrons. The van der Waals surface area contributed by atoms with E-state index in [1.54, 1.807) is 6.92 Å². The summed E-state index contributed by atoms with van der Waals surface area (Å²) in [5, 5.41) is 7.36. The van der Waals surface area contributed by atoms with E-state index in [0.717, 1.165) is 43.3 Å². The molecule has 0 N–H and O–H groups in total. The number of thioether (sulfide) groups is 1. The smallest absolute Gasteiger partial charge is 0.336 e. The molecule has 1 saturated heterocycles. The molecule has 0 saturated carbocycles. The molecule has 10 heteroatoms. The molecule has 27 heavy (non-hydrogen) atoms. The van der Waals surface area contributed by atoms with Crippen LogP contribution in [0.25, 0.3) is 5.65 Å². The number of hydrogen-bond donors (Lipinski definition) is 0. The first-order chi connectivity index (χ1) is 12.6. The van der Waals surface area contributed by atoms with Gasteiger partial charge >= 0.3 is 6.18 Å². The number of nitrogens with zero attached hydrogens (tertiary/aromatic N) is 4. The van der Waals surface area contributed by atoms with Crippen molar-refractivity contribution in [1.82, 2.24) is 19.5 Å². The molecule has 1 amide bonds. The van der Waals surface area contributed by atoms with E-state index in [4.69, 9.17) is 11.6 Å². The summed E-state index contributed by atoms with van der Waals surface area (Å²) in [4.78, 5) is 14.8. The van der Waals surface area contributed by atoms with Crippen molar-refractivity contribution >= 4 is 34.9 Å². The second-order valence-electron chi connectivity index (χ2n) is 6.89. The zero-order valence-corrected chi connectivity index (χ0v) is 16.7. The van der Waals surface area contributed by atoms with E-state index in [1.165, 1.54) is 4.40 Å². The van der Waals surface area contributed by atoms with Crippen LogP contribution in [0.2, 0.25) is 5.02 Å². The van der Waals surface area contributed by atoms with Gasteiger partial charge in [-0.2, -0.15) is 13.2 Å². The fourth-order valence-electron chi connectivity index (χ4n) is 3.44. The summed E-state index contributed by atoms with van der Waals surface area (Å²) in [6.45, 7) is 5.77. The first kappa shape index (κ1) is 20.3. The summed E-state index contributed by atoms with van der Waals surface area (Å²) in [5.41, 5.74) is -0.759. The normalized spacial score (nSPS) is 22.3. The maximum absolute atomic E-state index is 13.1. The van der Waals surface area contributed by atoms with Crippen LogP contribution in [0.4, 0.5) is 13.2 Å². The Bertz CT molecular complexity index is 847. The molecule has 3 heterocycles. The average molecular weight is 421 g/mol. The van der Waals surface area contributed by atoms with Crippen molar-refractivity contribution in [2.45, 2.75) is 68.7 Å². The van der Waals surface area contributed by atoms with Crippen molar-refractivity contribution in [3.8, 4) is 0 Å². The topological polar surface area (TPSA) is 50.5 Å². The molecule has 0 unspecified atom stereocenters. The molecule has 0 radical (unpaired) electrons. The summed E-state index contributed by atoms with van der Waals surface area (Å²) >= 11 is 7.02. The molecular formula is C17H20ClF3N4OS. The molecule has 1 fully saturated rings. The first-order valence-corrected chi connectivity index (χ1v) is 9.95. The maximum atomic E-state index is 13.1. The maximum Gasteiger partial charge on any atom is 0.417 e. The lowest BCUT2D eigenvalue weighted by Gasteiger charge is -2.40. The number of carbonyl (C=O) groups is 1. The van der Waals surface area contributed by atoms with Gasteiger partial charge in [0.2, 0.25) is 5.91 Å². The second-order valence-corrected chi connectivity index (χ2v) is 8.60. The van der Waals surface area contributed by atoms with E-state index in [-0.39, 0.29) is 33.8 Å². The van der Waals surface area contributed by atoms with Crippen LogP contribution in [0.5, 0.6) is 0 Å². The zero-order valence-electron chi connectivity index (χ0n) is 15.1. The number of fused-ring (bicyclic) bond motifs is 1. The Hall–Kier alpha value is -1.48. The molecule has 0 aromatic carbocycles. The minimum Gasteiger partial charge on any atom is -0.336 e. The van der Waals surface area contributed by atoms with Crippen LogP contribution in [0.1, 0.15) is 45.6 Å². The highest BCUT2D eigenvalue weighted by atomic mass is 35.5. The zero-order chi connectivity index (χ0) is 19.9. The monoisotopic (exact) mass is 420 g/mol. The lowest BCUT2D eigenvalue weighted by Crippen LogP contribution is -2.50. The van der Waals surface area contributed by atoms with Gasteiger partial charge in [-0.15, -0.1) is 10.2 Å². The fraction of sp³-hybridized carbons (Fsp3) is 0.588. The van der Waals surface area contributed by atoms with E-state index < -0.39 is 17.0 Å². The number of piperidine rings is 1. The molecule has 1 aliphatic heterocycles. The number of amides is 1. The average Bonchev–Trinajstić information content (AvgIpc) is 2.97. The second kappa shape index (κ2) is 7.50. The van der Waals surface area contributed by atoms with Gasteiger partial charge in [0.25, 0.3) is 0 Å². The molecule has 5 nitrogen and oxygen atoms in total. The van der Waals surface area contributed by atoms with Crippen molar-refractivity contribution in [3.63, 3.8) is 0 Å². The summed E-state index contributed by atoms with van der Waals surface area (Å²) in [6, 6.07) is 1.11. The fourth-order valence-corrected chi connectivity index (χ4v) is 4.57. The summed E-state index contributed by atoms with van der Waals surface area (Å²) < 4.78 is 40.4. The van der Waals surface area contributed by atoms with E-state index in [9.17, 15) is 18.0 Å². The number of alkyl halides is 3. The largest absolute Gasteiger partial charge is 0.417 e. The standard InChI is InChI=1S/C17H20ClF3N4OS/c1-9-5-4-6-10(2)25(9)15(26)11(3)27-16-23-22-14-13(18)7-12(8-24(14)16)17(19,20)21/h7-11H,4-6H2,1-3H3/t9-,10+,11-/m1/s1. The molecule has 1 aliphatic rings. The number of aromatic nitrogens is 3. The van der Waals surface area contributed by atoms with Crippen molar-refractivity contribution in [2.24, 2.45) is 0 Å². The molecule has 0 spiro atoms. The Kier molecular flexibility index (Phi) is 5.63. The van der Waals surface area contributed by atoms with Gasteiger partial charge in [0.05, 0.1) is 15.8 Å². The third-order valence-electron chi connectivity index (χ3n) is 4.83. The highest BCUT2D eigenvalue weighted by Crippen LogP contribution is 2.34. The number of likely N-dealkylation sites (tertiary alicyclic amines) is 1. The van der Waals surface area contributed by atoms with Crippen molar-refractivity contribution in [3.05, 3.63) is 22.8 Å². The van der Waals surface area contributed by atoms with Crippen LogP contribution in [0, 0.1) is 0 Å². The molecule has 3 atom stereocenters. The van der Waals surface area contributed by atoms with Crippen LogP contribution < -0.4 is 0 Å². The Labute approximate surface area is 164 Å². The highest BCUT2D eigenvalue weighted by Gasteiger charge is 2.34. The number of rotatable bonds is 3. The number of pyridine rings is 1. The lowest BCUT2D eigenvalue weighted by atomic mass is 9.97. The van der Waals surface area contributed by atoms with Gasteiger partial charge in [-0.25, -0.2) is 0 Å². The Morgan fingerprint density at radius 3 is 2.52 bits per heavy atom. The highest BCUT2D eigenvalue weighted by molar-refractivity contribution is 8.00. The van der Waals surface area contributed by atoms with Crippen molar-refractivity contribution in [1.29, 1.82) is 0 Å². The van der Waals surface area contributed by atoms with E-state index in [1.807, 2.05) is 18.7 Å². The predicted molar refractivity (Wildman–Crippen MR) is 97.9 cm³/mol. The predicted octanol–water partition coefficient (Wildman–Crippen LogP) is 4.67. The van der Waals surface area contributed by atoms with Gasteiger partial charge in [0.1, 0.15) is 0 Å². The van der Waals surface area contributed by atoms with E-state index in [0.29, 0.717) is 0 Å². The molecule has 0 bridgehead atoms.